The van der Waals surface area contributed by atoms with Gasteiger partial charge in [0, 0.05) is 25.2 Å². The van der Waals surface area contributed by atoms with Gasteiger partial charge in [-0.3, -0.25) is 4.79 Å². The normalized spacial score (nSPS) is 10.5. The second-order valence-corrected chi connectivity index (χ2v) is 4.07. The average Bonchev–Trinajstić information content (AvgIpc) is 2.23. The van der Waals surface area contributed by atoms with Crippen LogP contribution in [0.15, 0.2) is 18.2 Å². The molecule has 4 N–H and O–H groups in total. The summed E-state index contributed by atoms with van der Waals surface area (Å²) in [5, 5.41) is 24.4. The summed E-state index contributed by atoms with van der Waals surface area (Å²) in [6, 6.07) is 4.26. The summed E-state index contributed by atoms with van der Waals surface area (Å²) < 4.78 is 0. The van der Waals surface area contributed by atoms with Crippen LogP contribution in [0, 0.1) is 0 Å². The molecule has 0 atom stereocenters. The van der Waals surface area contributed by atoms with Crippen LogP contribution in [0.25, 0.3) is 0 Å². The minimum Gasteiger partial charge on any atom is -0.508 e. The summed E-state index contributed by atoms with van der Waals surface area (Å²) >= 11 is 0. The smallest absolute Gasteiger partial charge is 0.255 e. The van der Waals surface area contributed by atoms with Gasteiger partial charge in [-0.25, -0.2) is 0 Å². The van der Waals surface area contributed by atoms with Crippen molar-refractivity contribution >= 4 is 5.91 Å². The highest BCUT2D eigenvalue weighted by Crippen LogP contribution is 2.22. The Hall–Kier alpha value is -1.75. The van der Waals surface area contributed by atoms with Crippen LogP contribution in [0.1, 0.15) is 24.2 Å². The lowest BCUT2D eigenvalue weighted by Gasteiger charge is -2.09. The lowest BCUT2D eigenvalue weighted by Crippen LogP contribution is -2.34. The first-order valence-electron chi connectivity index (χ1n) is 5.54. The van der Waals surface area contributed by atoms with Gasteiger partial charge in [0.15, 0.2) is 0 Å². The highest BCUT2D eigenvalue weighted by molar-refractivity contribution is 5.96. The molecule has 1 aromatic rings. The van der Waals surface area contributed by atoms with Gasteiger partial charge in [0.05, 0.1) is 5.56 Å². The van der Waals surface area contributed by atoms with Crippen molar-refractivity contribution in [1.29, 1.82) is 0 Å². The lowest BCUT2D eigenvalue weighted by atomic mass is 10.2. The molecular weight excluding hydrogens is 220 g/mol. The van der Waals surface area contributed by atoms with E-state index in [0.717, 1.165) is 6.07 Å². The molecule has 94 valence electrons. The van der Waals surface area contributed by atoms with E-state index in [1.54, 1.807) is 0 Å². The zero-order valence-corrected chi connectivity index (χ0v) is 10.0. The lowest BCUT2D eigenvalue weighted by molar-refractivity contribution is 0.0951. The van der Waals surface area contributed by atoms with E-state index >= 15 is 0 Å². The van der Waals surface area contributed by atoms with Gasteiger partial charge in [-0.2, -0.15) is 0 Å². The van der Waals surface area contributed by atoms with Crippen molar-refractivity contribution in [2.45, 2.75) is 19.9 Å². The largest absolute Gasteiger partial charge is 0.508 e. The van der Waals surface area contributed by atoms with Crippen molar-refractivity contribution in [3.05, 3.63) is 23.8 Å². The fourth-order valence-electron chi connectivity index (χ4n) is 1.34. The van der Waals surface area contributed by atoms with Gasteiger partial charge in [-0.1, -0.05) is 13.8 Å². The molecule has 0 saturated heterocycles. The Kier molecular flexibility index (Phi) is 4.78. The fourth-order valence-corrected chi connectivity index (χ4v) is 1.34. The van der Waals surface area contributed by atoms with Crippen molar-refractivity contribution < 1.29 is 15.0 Å². The minimum atomic E-state index is -0.354. The summed E-state index contributed by atoms with van der Waals surface area (Å²) in [6.07, 6.45) is 0. The summed E-state index contributed by atoms with van der Waals surface area (Å²) in [6.45, 7) is 5.20. The number of carbonyl (C=O) groups is 1. The Labute approximate surface area is 100 Å². The van der Waals surface area contributed by atoms with E-state index in [0.29, 0.717) is 19.1 Å². The summed E-state index contributed by atoms with van der Waals surface area (Å²) in [5.41, 5.74) is 0.160. The molecule has 1 aromatic carbocycles. The van der Waals surface area contributed by atoms with E-state index < -0.39 is 0 Å². The highest BCUT2D eigenvalue weighted by atomic mass is 16.3. The maximum atomic E-state index is 11.6. The Morgan fingerprint density at radius 2 is 2.00 bits per heavy atom. The van der Waals surface area contributed by atoms with E-state index in [1.807, 2.05) is 13.8 Å². The van der Waals surface area contributed by atoms with Gasteiger partial charge in [-0.15, -0.1) is 0 Å². The molecule has 0 unspecified atom stereocenters. The molecule has 5 heteroatoms. The summed E-state index contributed by atoms with van der Waals surface area (Å²) in [4.78, 5) is 11.6. The molecule has 0 spiro atoms. The van der Waals surface area contributed by atoms with Crippen molar-refractivity contribution in [1.82, 2.24) is 10.6 Å². The van der Waals surface area contributed by atoms with Crippen LogP contribution >= 0.6 is 0 Å². The molecule has 0 aliphatic heterocycles. The molecule has 0 aromatic heterocycles. The number of nitrogens with one attached hydrogen (secondary N) is 2. The molecule has 0 fully saturated rings. The average molecular weight is 238 g/mol. The zero-order valence-electron chi connectivity index (χ0n) is 10.0. The quantitative estimate of drug-likeness (QED) is 0.573. The van der Waals surface area contributed by atoms with Crippen LogP contribution in [0.4, 0.5) is 0 Å². The number of phenols is 2. The standard InChI is InChI=1S/C12H18N2O3/c1-8(2)13-5-6-14-12(17)10-4-3-9(15)7-11(10)16/h3-4,7-8,13,15-16H,5-6H2,1-2H3,(H,14,17). The summed E-state index contributed by atoms with van der Waals surface area (Å²) in [5.74, 6) is -0.645. The molecular formula is C12H18N2O3. The van der Waals surface area contributed by atoms with Crippen LogP contribution in [0.3, 0.4) is 0 Å². The molecule has 0 aliphatic carbocycles. The number of rotatable bonds is 5. The van der Waals surface area contributed by atoms with Gasteiger partial charge in [0.25, 0.3) is 5.91 Å². The van der Waals surface area contributed by atoms with Gasteiger partial charge in [-0.05, 0) is 12.1 Å². The number of amides is 1. The van der Waals surface area contributed by atoms with Crippen LogP contribution in [-0.4, -0.2) is 35.3 Å². The topological polar surface area (TPSA) is 81.6 Å². The monoisotopic (exact) mass is 238 g/mol. The molecule has 0 heterocycles. The number of aromatic hydroxyl groups is 2. The maximum Gasteiger partial charge on any atom is 0.255 e. The Balaban J connectivity index is 2.47. The second-order valence-electron chi connectivity index (χ2n) is 4.07. The number of hydrogen-bond acceptors (Lipinski definition) is 4. The number of benzene rings is 1. The number of phenolic OH excluding ortho intramolecular Hbond substituents is 2. The van der Waals surface area contributed by atoms with Crippen LogP contribution < -0.4 is 10.6 Å². The third kappa shape index (κ3) is 4.32. The van der Waals surface area contributed by atoms with Gasteiger partial charge in [0.2, 0.25) is 0 Å². The molecule has 17 heavy (non-hydrogen) atoms. The molecule has 1 amide bonds. The number of hydrogen-bond donors (Lipinski definition) is 4. The third-order valence-corrected chi connectivity index (χ3v) is 2.19. The highest BCUT2D eigenvalue weighted by Gasteiger charge is 2.10. The molecule has 0 radical (unpaired) electrons. The fraction of sp³-hybridized carbons (Fsp3) is 0.417. The predicted octanol–water partition coefficient (Wildman–Crippen LogP) is 0.826. The summed E-state index contributed by atoms with van der Waals surface area (Å²) in [7, 11) is 0. The minimum absolute atomic E-state index is 0.0690. The predicted molar refractivity (Wildman–Crippen MR) is 65.2 cm³/mol. The van der Waals surface area contributed by atoms with Crippen LogP contribution in [-0.2, 0) is 0 Å². The van der Waals surface area contributed by atoms with E-state index in [2.05, 4.69) is 10.6 Å². The van der Waals surface area contributed by atoms with Crippen molar-refractivity contribution in [3.8, 4) is 11.5 Å². The molecule has 0 bridgehead atoms. The Morgan fingerprint density at radius 1 is 1.29 bits per heavy atom. The van der Waals surface area contributed by atoms with Gasteiger partial charge >= 0.3 is 0 Å². The molecule has 0 saturated carbocycles. The number of carbonyl (C=O) groups excluding carboxylic acids is 1. The molecule has 0 aliphatic rings. The Bertz CT molecular complexity index is 391. The van der Waals surface area contributed by atoms with E-state index in [4.69, 9.17) is 5.11 Å². The second kappa shape index (κ2) is 6.10. The maximum absolute atomic E-state index is 11.6. The first-order chi connectivity index (χ1) is 8.00. The first kappa shape index (κ1) is 13.3. The van der Waals surface area contributed by atoms with E-state index in [-0.39, 0.29) is 23.0 Å². The zero-order chi connectivity index (χ0) is 12.8. The SMILES string of the molecule is CC(C)NCCNC(=O)c1ccc(O)cc1O. The van der Waals surface area contributed by atoms with Crippen molar-refractivity contribution in [2.75, 3.05) is 13.1 Å². The van der Waals surface area contributed by atoms with Crippen molar-refractivity contribution in [2.24, 2.45) is 0 Å². The molecule has 5 nitrogen and oxygen atoms in total. The van der Waals surface area contributed by atoms with Crippen LogP contribution in [0.2, 0.25) is 0 Å². The van der Waals surface area contributed by atoms with Gasteiger partial charge < -0.3 is 20.8 Å². The molecule has 1 rings (SSSR count). The van der Waals surface area contributed by atoms with Crippen molar-refractivity contribution in [3.63, 3.8) is 0 Å². The van der Waals surface area contributed by atoms with Gasteiger partial charge in [0.1, 0.15) is 11.5 Å². The first-order valence-corrected chi connectivity index (χ1v) is 5.54. The Morgan fingerprint density at radius 3 is 2.59 bits per heavy atom. The van der Waals surface area contributed by atoms with E-state index in [1.165, 1.54) is 12.1 Å². The van der Waals surface area contributed by atoms with E-state index in [9.17, 15) is 9.90 Å². The van der Waals surface area contributed by atoms with Crippen LogP contribution in [0.5, 0.6) is 11.5 Å². The third-order valence-electron chi connectivity index (χ3n) is 2.19.